The first kappa shape index (κ1) is 14.5. The van der Waals surface area contributed by atoms with Crippen LogP contribution in [-0.2, 0) is 6.42 Å². The van der Waals surface area contributed by atoms with Crippen LogP contribution < -0.4 is 4.74 Å². The molecule has 0 aliphatic heterocycles. The lowest BCUT2D eigenvalue weighted by molar-refractivity contribution is 0.0690. The van der Waals surface area contributed by atoms with Crippen LogP contribution in [0.2, 0.25) is 0 Å². The van der Waals surface area contributed by atoms with Crippen molar-refractivity contribution in [3.8, 4) is 5.88 Å². The molecule has 0 bridgehead atoms. The molecule has 0 spiro atoms. The van der Waals surface area contributed by atoms with Crippen molar-refractivity contribution < 1.29 is 14.6 Å². The van der Waals surface area contributed by atoms with Gasteiger partial charge in [-0.15, -0.1) is 11.3 Å². The van der Waals surface area contributed by atoms with Crippen LogP contribution in [0.1, 0.15) is 32.2 Å². The minimum atomic E-state index is -1.01. The van der Waals surface area contributed by atoms with Crippen molar-refractivity contribution in [1.82, 2.24) is 9.97 Å². The predicted molar refractivity (Wildman–Crippen MR) is 76.7 cm³/mol. The molecule has 0 unspecified atom stereocenters. The number of hydrogen-bond acceptors (Lipinski definition) is 5. The van der Waals surface area contributed by atoms with Crippen molar-refractivity contribution in [2.45, 2.75) is 27.2 Å². The third-order valence-corrected chi connectivity index (χ3v) is 3.93. The lowest BCUT2D eigenvalue weighted by atomic mass is 10.1. The lowest BCUT2D eigenvalue weighted by Gasteiger charge is -2.11. The van der Waals surface area contributed by atoms with Crippen molar-refractivity contribution in [1.29, 1.82) is 0 Å². The molecular formula is C14H16N2O3S. The molecule has 1 N–H and O–H groups in total. The van der Waals surface area contributed by atoms with Crippen LogP contribution in [0.5, 0.6) is 5.88 Å². The Hall–Kier alpha value is -1.95. The van der Waals surface area contributed by atoms with Gasteiger partial charge in [-0.05, 0) is 32.4 Å². The summed E-state index contributed by atoms with van der Waals surface area (Å²) in [5.74, 6) is -0.823. The van der Waals surface area contributed by atoms with Crippen LogP contribution in [0.15, 0.2) is 11.6 Å². The summed E-state index contributed by atoms with van der Waals surface area (Å²) in [5.41, 5.74) is 4.33. The maximum Gasteiger partial charge on any atom is 0.341 e. The highest BCUT2D eigenvalue weighted by Gasteiger charge is 2.17. The number of ether oxygens (including phenoxy) is 1. The molecule has 5 nitrogen and oxygen atoms in total. The van der Waals surface area contributed by atoms with Gasteiger partial charge in [0.2, 0.25) is 5.88 Å². The maximum atomic E-state index is 11.3. The van der Waals surface area contributed by atoms with Crippen molar-refractivity contribution in [3.63, 3.8) is 0 Å². The largest absolute Gasteiger partial charge is 0.477 e. The van der Waals surface area contributed by atoms with Crippen molar-refractivity contribution in [2.75, 3.05) is 6.61 Å². The number of carbonyl (C=O) groups is 1. The monoisotopic (exact) mass is 292 g/mol. The Bertz CT molecular complexity index is 637. The van der Waals surface area contributed by atoms with Gasteiger partial charge in [-0.1, -0.05) is 0 Å². The molecule has 0 saturated heterocycles. The Morgan fingerprint density at radius 1 is 1.40 bits per heavy atom. The molecule has 20 heavy (non-hydrogen) atoms. The summed E-state index contributed by atoms with van der Waals surface area (Å²) < 4.78 is 5.58. The minimum absolute atomic E-state index is 0.136. The first-order valence-electron chi connectivity index (χ1n) is 6.22. The number of carboxylic acid groups (broad SMARTS) is 1. The fraction of sp³-hybridized carbons (Fsp3) is 0.357. The minimum Gasteiger partial charge on any atom is -0.477 e. The third-order valence-electron chi connectivity index (χ3n) is 2.94. The lowest BCUT2D eigenvalue weighted by Crippen LogP contribution is -2.10. The van der Waals surface area contributed by atoms with E-state index >= 15 is 0 Å². The number of aromatic carboxylic acids is 1. The zero-order valence-corrected chi connectivity index (χ0v) is 12.5. The highest BCUT2D eigenvalue weighted by atomic mass is 32.1. The quantitative estimate of drug-likeness (QED) is 0.917. The van der Waals surface area contributed by atoms with Gasteiger partial charge in [-0.3, -0.25) is 0 Å². The smallest absolute Gasteiger partial charge is 0.341 e. The normalized spacial score (nSPS) is 10.6. The average molecular weight is 292 g/mol. The summed E-state index contributed by atoms with van der Waals surface area (Å²) >= 11 is 1.57. The Kier molecular flexibility index (Phi) is 4.34. The van der Waals surface area contributed by atoms with E-state index in [0.717, 1.165) is 16.3 Å². The van der Waals surface area contributed by atoms with Gasteiger partial charge in [0, 0.05) is 17.0 Å². The molecule has 0 radical (unpaired) electrons. The first-order valence-corrected chi connectivity index (χ1v) is 7.10. The molecule has 0 aliphatic carbocycles. The fourth-order valence-electron chi connectivity index (χ4n) is 1.97. The second-order valence-corrected chi connectivity index (χ2v) is 5.46. The Morgan fingerprint density at radius 3 is 2.75 bits per heavy atom. The molecule has 106 valence electrons. The van der Waals surface area contributed by atoms with E-state index in [4.69, 9.17) is 4.74 Å². The van der Waals surface area contributed by atoms with Gasteiger partial charge in [0.25, 0.3) is 0 Å². The highest BCUT2D eigenvalue weighted by molar-refractivity contribution is 7.09. The molecule has 2 aromatic rings. The summed E-state index contributed by atoms with van der Waals surface area (Å²) in [6.07, 6.45) is 0.699. The average Bonchev–Trinajstić information content (AvgIpc) is 2.73. The zero-order chi connectivity index (χ0) is 14.7. The molecule has 2 aromatic heterocycles. The molecule has 6 heteroatoms. The van der Waals surface area contributed by atoms with Crippen LogP contribution in [0.25, 0.3) is 0 Å². The molecule has 2 rings (SSSR count). The standard InChI is InChI=1S/C14H16N2O3S/c1-8-6-9(2)16-13(12(8)14(17)18)19-5-4-11-10(3)15-7-20-11/h6-7H,4-5H2,1-3H3,(H,17,18). The number of pyridine rings is 1. The van der Waals surface area contributed by atoms with E-state index in [0.29, 0.717) is 18.6 Å². The fourth-order valence-corrected chi connectivity index (χ4v) is 2.74. The van der Waals surface area contributed by atoms with E-state index in [-0.39, 0.29) is 11.4 Å². The zero-order valence-electron chi connectivity index (χ0n) is 11.6. The van der Waals surface area contributed by atoms with Crippen LogP contribution >= 0.6 is 11.3 Å². The van der Waals surface area contributed by atoms with Gasteiger partial charge in [0.1, 0.15) is 5.56 Å². The van der Waals surface area contributed by atoms with Gasteiger partial charge in [-0.2, -0.15) is 0 Å². The van der Waals surface area contributed by atoms with E-state index < -0.39 is 5.97 Å². The highest BCUT2D eigenvalue weighted by Crippen LogP contribution is 2.21. The second-order valence-electron chi connectivity index (χ2n) is 4.53. The number of rotatable bonds is 5. The number of carboxylic acids is 1. The molecule has 0 amide bonds. The molecule has 0 atom stereocenters. The van der Waals surface area contributed by atoms with E-state index in [1.54, 1.807) is 29.8 Å². The van der Waals surface area contributed by atoms with E-state index in [1.807, 2.05) is 13.8 Å². The van der Waals surface area contributed by atoms with E-state index in [1.165, 1.54) is 0 Å². The van der Waals surface area contributed by atoms with Gasteiger partial charge in [0.15, 0.2) is 0 Å². The topological polar surface area (TPSA) is 72.3 Å². The Labute approximate surface area is 121 Å². The van der Waals surface area contributed by atoms with Crippen molar-refractivity contribution in [2.24, 2.45) is 0 Å². The predicted octanol–water partition coefficient (Wildman–Crippen LogP) is 2.78. The number of hydrogen-bond donors (Lipinski definition) is 1. The summed E-state index contributed by atoms with van der Waals surface area (Å²) in [6, 6.07) is 1.74. The maximum absolute atomic E-state index is 11.3. The van der Waals surface area contributed by atoms with Crippen LogP contribution in [0, 0.1) is 20.8 Å². The summed E-state index contributed by atoms with van der Waals surface area (Å²) in [6.45, 7) is 5.90. The van der Waals surface area contributed by atoms with Crippen molar-refractivity contribution >= 4 is 17.3 Å². The Morgan fingerprint density at radius 2 is 2.15 bits per heavy atom. The van der Waals surface area contributed by atoms with Crippen molar-refractivity contribution in [3.05, 3.63) is 39.0 Å². The van der Waals surface area contributed by atoms with Crippen LogP contribution in [-0.4, -0.2) is 27.7 Å². The van der Waals surface area contributed by atoms with Crippen LogP contribution in [0.4, 0.5) is 0 Å². The summed E-state index contributed by atoms with van der Waals surface area (Å²) in [4.78, 5) is 20.8. The number of thiazole rings is 1. The third kappa shape index (κ3) is 3.14. The van der Waals surface area contributed by atoms with E-state index in [9.17, 15) is 9.90 Å². The number of nitrogens with zero attached hydrogens (tertiary/aromatic N) is 2. The van der Waals surface area contributed by atoms with Crippen LogP contribution in [0.3, 0.4) is 0 Å². The number of aryl methyl sites for hydroxylation is 3. The first-order chi connectivity index (χ1) is 9.49. The van der Waals surface area contributed by atoms with Gasteiger partial charge in [0.05, 0.1) is 17.8 Å². The van der Waals surface area contributed by atoms with Gasteiger partial charge in [-0.25, -0.2) is 14.8 Å². The Balaban J connectivity index is 2.13. The molecule has 2 heterocycles. The molecule has 0 saturated carbocycles. The second kappa shape index (κ2) is 6.00. The molecular weight excluding hydrogens is 276 g/mol. The number of aromatic nitrogens is 2. The SMILES string of the molecule is Cc1cc(C)c(C(=O)O)c(OCCc2scnc2C)n1. The molecule has 0 aromatic carbocycles. The molecule has 0 fully saturated rings. The van der Waals surface area contributed by atoms with Gasteiger partial charge >= 0.3 is 5.97 Å². The van der Waals surface area contributed by atoms with Gasteiger partial charge < -0.3 is 9.84 Å². The molecule has 0 aliphatic rings. The summed E-state index contributed by atoms with van der Waals surface area (Å²) in [5, 5.41) is 9.24. The summed E-state index contributed by atoms with van der Waals surface area (Å²) in [7, 11) is 0. The van der Waals surface area contributed by atoms with E-state index in [2.05, 4.69) is 9.97 Å².